The fraction of sp³-hybridized carbons (Fsp3) is 0.316. The Balaban J connectivity index is 2.20. The second-order valence-electron chi connectivity index (χ2n) is 6.64. The Hall–Kier alpha value is -2.39. The van der Waals surface area contributed by atoms with Gasteiger partial charge in [0.15, 0.2) is 9.84 Å². The molecule has 0 heterocycles. The average molecular weight is 425 g/mol. The summed E-state index contributed by atoms with van der Waals surface area (Å²) < 4.78 is 48.7. The van der Waals surface area contributed by atoms with Gasteiger partial charge >= 0.3 is 0 Å². The van der Waals surface area contributed by atoms with Gasteiger partial charge in [-0.1, -0.05) is 30.3 Å². The molecule has 2 aromatic rings. The van der Waals surface area contributed by atoms with Crippen LogP contribution in [0.15, 0.2) is 59.5 Å². The van der Waals surface area contributed by atoms with Gasteiger partial charge in [-0.05, 0) is 43.7 Å². The first-order valence-electron chi connectivity index (χ1n) is 8.56. The summed E-state index contributed by atoms with van der Waals surface area (Å²) in [6.07, 6.45) is 2.18. The molecule has 0 spiro atoms. The Labute approximate surface area is 166 Å². The molecular weight excluding hydrogens is 400 g/mol. The fourth-order valence-electron chi connectivity index (χ4n) is 2.80. The Morgan fingerprint density at radius 2 is 1.43 bits per heavy atom. The van der Waals surface area contributed by atoms with E-state index in [0.29, 0.717) is 11.3 Å². The molecule has 7 nitrogen and oxygen atoms in total. The van der Waals surface area contributed by atoms with E-state index in [-0.39, 0.29) is 4.90 Å². The maximum atomic E-state index is 12.7. The second-order valence-corrected chi connectivity index (χ2v) is 10.5. The van der Waals surface area contributed by atoms with Gasteiger partial charge in [0.25, 0.3) is 0 Å². The molecule has 0 aliphatic carbocycles. The van der Waals surface area contributed by atoms with Gasteiger partial charge in [0.1, 0.15) is 6.04 Å². The van der Waals surface area contributed by atoms with Gasteiger partial charge in [-0.3, -0.25) is 9.10 Å². The van der Waals surface area contributed by atoms with Crippen molar-refractivity contribution in [3.8, 4) is 0 Å². The second kappa shape index (κ2) is 8.32. The molecule has 152 valence electrons. The molecule has 2 aromatic carbocycles. The van der Waals surface area contributed by atoms with E-state index in [1.165, 1.54) is 19.1 Å². The number of hydrogen-bond donors (Lipinski definition) is 1. The maximum absolute atomic E-state index is 12.7. The highest BCUT2D eigenvalue weighted by Crippen LogP contribution is 2.21. The third-order valence-electron chi connectivity index (χ3n) is 4.27. The molecule has 0 radical (unpaired) electrons. The molecular formula is C19H24N2O5S2. The third-order valence-corrected chi connectivity index (χ3v) is 6.64. The normalized spacial score (nSPS) is 14.1. The van der Waals surface area contributed by atoms with Gasteiger partial charge < -0.3 is 5.32 Å². The van der Waals surface area contributed by atoms with Crippen molar-refractivity contribution in [2.24, 2.45) is 0 Å². The molecule has 0 saturated carbocycles. The number of hydrogen-bond acceptors (Lipinski definition) is 5. The number of nitrogens with zero attached hydrogens (tertiary/aromatic N) is 1. The maximum Gasteiger partial charge on any atom is 0.244 e. The van der Waals surface area contributed by atoms with E-state index in [1.807, 2.05) is 0 Å². The number of nitrogens with one attached hydrogen (secondary N) is 1. The largest absolute Gasteiger partial charge is 0.348 e. The molecule has 0 fully saturated rings. The molecule has 0 aliphatic heterocycles. The van der Waals surface area contributed by atoms with Crippen LogP contribution in [0, 0.1) is 0 Å². The molecule has 2 rings (SSSR count). The topological polar surface area (TPSA) is 101 Å². The lowest BCUT2D eigenvalue weighted by atomic mass is 10.1. The molecule has 1 amide bonds. The Morgan fingerprint density at radius 1 is 0.893 bits per heavy atom. The smallest absolute Gasteiger partial charge is 0.244 e. The zero-order chi connectivity index (χ0) is 21.1. The molecule has 0 bridgehead atoms. The van der Waals surface area contributed by atoms with Crippen LogP contribution in [0.2, 0.25) is 0 Å². The van der Waals surface area contributed by atoms with Gasteiger partial charge in [-0.2, -0.15) is 0 Å². The molecule has 0 aliphatic rings. The van der Waals surface area contributed by atoms with Crippen LogP contribution in [-0.2, 0) is 24.7 Å². The number of carbonyl (C=O) groups excluding carboxylic acids is 1. The molecule has 28 heavy (non-hydrogen) atoms. The summed E-state index contributed by atoms with van der Waals surface area (Å²) in [6.45, 7) is 3.26. The highest BCUT2D eigenvalue weighted by molar-refractivity contribution is 7.92. The van der Waals surface area contributed by atoms with Crippen LogP contribution in [0.5, 0.6) is 0 Å². The lowest BCUT2D eigenvalue weighted by molar-refractivity contribution is -0.122. The third kappa shape index (κ3) is 5.32. The van der Waals surface area contributed by atoms with Crippen LogP contribution in [0.25, 0.3) is 0 Å². The molecule has 2 atom stereocenters. The van der Waals surface area contributed by atoms with Crippen molar-refractivity contribution in [1.29, 1.82) is 0 Å². The van der Waals surface area contributed by atoms with E-state index in [4.69, 9.17) is 0 Å². The Morgan fingerprint density at radius 3 is 1.89 bits per heavy atom. The predicted octanol–water partition coefficient (Wildman–Crippen LogP) is 2.12. The van der Waals surface area contributed by atoms with E-state index in [2.05, 4.69) is 5.32 Å². The zero-order valence-electron chi connectivity index (χ0n) is 16.2. The summed E-state index contributed by atoms with van der Waals surface area (Å²) >= 11 is 0. The number of anilines is 1. The predicted molar refractivity (Wildman–Crippen MR) is 109 cm³/mol. The van der Waals surface area contributed by atoms with Crippen LogP contribution in [0.4, 0.5) is 5.69 Å². The molecule has 0 aromatic heterocycles. The van der Waals surface area contributed by atoms with Gasteiger partial charge in [0, 0.05) is 6.26 Å². The number of sulfonamides is 1. The first kappa shape index (κ1) is 21.9. The average Bonchev–Trinajstić information content (AvgIpc) is 2.60. The van der Waals surface area contributed by atoms with Crippen LogP contribution < -0.4 is 9.62 Å². The summed E-state index contributed by atoms with van der Waals surface area (Å²) in [5.41, 5.74) is 1.11. The van der Waals surface area contributed by atoms with Crippen molar-refractivity contribution >= 4 is 31.5 Å². The number of sulfone groups is 1. The number of rotatable bonds is 7. The van der Waals surface area contributed by atoms with Crippen molar-refractivity contribution < 1.29 is 21.6 Å². The van der Waals surface area contributed by atoms with E-state index in [0.717, 1.165) is 16.8 Å². The van der Waals surface area contributed by atoms with Gasteiger partial charge in [0.05, 0.1) is 22.9 Å². The van der Waals surface area contributed by atoms with E-state index < -0.39 is 37.9 Å². The van der Waals surface area contributed by atoms with Crippen LogP contribution in [0.1, 0.15) is 25.5 Å². The van der Waals surface area contributed by atoms with Gasteiger partial charge in [-0.25, -0.2) is 16.8 Å². The molecule has 1 N–H and O–H groups in total. The summed E-state index contributed by atoms with van der Waals surface area (Å²) in [5.74, 6) is -0.464. The van der Waals surface area contributed by atoms with Crippen molar-refractivity contribution in [1.82, 2.24) is 5.32 Å². The summed E-state index contributed by atoms with van der Waals surface area (Å²) in [5, 5.41) is 2.78. The minimum atomic E-state index is -3.68. The Bertz CT molecular complexity index is 1030. The minimum Gasteiger partial charge on any atom is -0.348 e. The van der Waals surface area contributed by atoms with Gasteiger partial charge in [-0.15, -0.1) is 0 Å². The Kier molecular flexibility index (Phi) is 6.51. The number of carbonyl (C=O) groups is 1. The van der Waals surface area contributed by atoms with Crippen LogP contribution in [-0.4, -0.2) is 41.3 Å². The quantitative estimate of drug-likeness (QED) is 0.734. The minimum absolute atomic E-state index is 0.190. The highest BCUT2D eigenvalue weighted by Gasteiger charge is 2.29. The first-order valence-corrected chi connectivity index (χ1v) is 12.3. The molecule has 0 unspecified atom stereocenters. The lowest BCUT2D eigenvalue weighted by Crippen LogP contribution is -2.48. The zero-order valence-corrected chi connectivity index (χ0v) is 17.8. The molecule has 9 heteroatoms. The lowest BCUT2D eigenvalue weighted by Gasteiger charge is -2.29. The summed E-state index contributed by atoms with van der Waals surface area (Å²) in [6, 6.07) is 13.2. The van der Waals surface area contributed by atoms with Crippen LogP contribution >= 0.6 is 0 Å². The fourth-order valence-corrected chi connectivity index (χ4v) is 4.61. The van der Waals surface area contributed by atoms with Crippen molar-refractivity contribution in [2.75, 3.05) is 16.8 Å². The SMILES string of the molecule is C[C@H](NC(=O)[C@H](C)N(c1ccccc1)S(C)(=O)=O)c1ccc(S(C)(=O)=O)cc1. The van der Waals surface area contributed by atoms with E-state index >= 15 is 0 Å². The van der Waals surface area contributed by atoms with E-state index in [9.17, 15) is 21.6 Å². The first-order chi connectivity index (χ1) is 12.9. The van der Waals surface area contributed by atoms with Crippen molar-refractivity contribution in [3.05, 3.63) is 60.2 Å². The van der Waals surface area contributed by atoms with Crippen molar-refractivity contribution in [3.63, 3.8) is 0 Å². The molecule has 0 saturated heterocycles. The number of para-hydroxylation sites is 1. The van der Waals surface area contributed by atoms with Crippen molar-refractivity contribution in [2.45, 2.75) is 30.8 Å². The van der Waals surface area contributed by atoms with Gasteiger partial charge in [0.2, 0.25) is 15.9 Å². The summed E-state index contributed by atoms with van der Waals surface area (Å²) in [7, 11) is -6.98. The standard InChI is InChI=1S/C19H24N2O5S2/c1-14(16-10-12-18(13-11-16)27(3,23)24)20-19(22)15(2)21(28(4,25)26)17-8-6-5-7-9-17/h5-15H,1-4H3,(H,20,22)/t14-,15-/m0/s1. The van der Waals surface area contributed by atoms with E-state index in [1.54, 1.807) is 49.4 Å². The summed E-state index contributed by atoms with van der Waals surface area (Å²) in [4.78, 5) is 12.9. The van der Waals surface area contributed by atoms with Crippen LogP contribution in [0.3, 0.4) is 0 Å². The monoisotopic (exact) mass is 424 g/mol. The highest BCUT2D eigenvalue weighted by atomic mass is 32.2. The number of amides is 1. The number of benzene rings is 2.